The maximum absolute atomic E-state index is 12.7. The Morgan fingerprint density at radius 3 is 2.96 bits per heavy atom. The third-order valence-corrected chi connectivity index (χ3v) is 4.21. The molecule has 3 rings (SSSR count). The van der Waals surface area contributed by atoms with E-state index >= 15 is 0 Å². The fourth-order valence-corrected chi connectivity index (χ4v) is 2.95. The molecular weight excluding hydrogens is 342 g/mol. The highest BCUT2D eigenvalue weighted by molar-refractivity contribution is 6.09. The first-order chi connectivity index (χ1) is 14.2. The molecule has 1 aromatic carbocycles. The minimum Gasteiger partial charge on any atom is -0.618 e. The van der Waals surface area contributed by atoms with E-state index in [1.54, 1.807) is 6.07 Å². The van der Waals surface area contributed by atoms with Crippen molar-refractivity contribution in [1.29, 1.82) is 5.26 Å². The van der Waals surface area contributed by atoms with Crippen molar-refractivity contribution in [2.75, 3.05) is 12.3 Å². The fraction of sp³-hybridized carbons (Fsp3) is 0.200. The average molecular weight is 364 g/mol. The molecule has 0 unspecified atom stereocenters. The lowest BCUT2D eigenvalue weighted by molar-refractivity contribution is -0.605. The van der Waals surface area contributed by atoms with Gasteiger partial charge in [0, 0.05) is 39.1 Å². The molecule has 7 heteroatoms. The summed E-state index contributed by atoms with van der Waals surface area (Å²) in [6, 6.07) is 8.11. The van der Waals surface area contributed by atoms with E-state index in [9.17, 15) is 15.3 Å². The number of carbonyl (C=O) groups is 1. The van der Waals surface area contributed by atoms with Crippen LogP contribution in [-0.4, -0.2) is 17.4 Å². The van der Waals surface area contributed by atoms with Gasteiger partial charge in [0.1, 0.15) is 5.69 Å². The fourth-order valence-electron chi connectivity index (χ4n) is 2.95. The summed E-state index contributed by atoms with van der Waals surface area (Å²) in [4.78, 5) is 16.4. The number of anilines is 1. The smallest absolute Gasteiger partial charge is 0.319 e. The van der Waals surface area contributed by atoms with Crippen LogP contribution in [0.3, 0.4) is 0 Å². The number of nitriles is 1. The number of nitrogen functional groups attached to an aromatic ring is 1. The summed E-state index contributed by atoms with van der Waals surface area (Å²) in [5.41, 5.74) is 6.23. The molecule has 0 aliphatic carbocycles. The van der Waals surface area contributed by atoms with Gasteiger partial charge in [-0.15, -0.1) is 0 Å². The first kappa shape index (κ1) is 14.5. The van der Waals surface area contributed by atoms with Crippen molar-refractivity contribution in [3.05, 3.63) is 58.8 Å². The zero-order valence-corrected chi connectivity index (χ0v) is 14.6. The number of rotatable bonds is 4. The summed E-state index contributed by atoms with van der Waals surface area (Å²) in [7, 11) is 0. The summed E-state index contributed by atoms with van der Waals surface area (Å²) in [5, 5.41) is 25.5. The summed E-state index contributed by atoms with van der Waals surface area (Å²) in [6.45, 7) is -0.279. The van der Waals surface area contributed by atoms with Gasteiger partial charge in [-0.2, -0.15) is 9.99 Å². The Labute approximate surface area is 160 Å². The molecular formula is C20H19N5O2. The van der Waals surface area contributed by atoms with Crippen LogP contribution < -0.4 is 15.8 Å². The maximum atomic E-state index is 12.7. The predicted molar refractivity (Wildman–Crippen MR) is 103 cm³/mol. The molecule has 0 saturated carbocycles. The second-order valence-corrected chi connectivity index (χ2v) is 5.93. The highest BCUT2D eigenvalue weighted by Crippen LogP contribution is 2.35. The van der Waals surface area contributed by atoms with Gasteiger partial charge in [0.2, 0.25) is 0 Å². The third kappa shape index (κ3) is 3.13. The van der Waals surface area contributed by atoms with Crippen LogP contribution in [0.4, 0.5) is 5.69 Å². The first-order valence-electron chi connectivity index (χ1n) is 9.83. The number of amides is 1. The maximum Gasteiger partial charge on any atom is 0.319 e. The topological polar surface area (TPSA) is 119 Å². The first-order valence-corrected chi connectivity index (χ1v) is 8.33. The molecule has 0 radical (unpaired) electrons. The van der Waals surface area contributed by atoms with E-state index in [0.29, 0.717) is 23.1 Å². The lowest BCUT2D eigenvalue weighted by Gasteiger charge is -2.14. The van der Waals surface area contributed by atoms with Crippen LogP contribution in [-0.2, 0) is 0 Å². The van der Waals surface area contributed by atoms with E-state index < -0.39 is 12.8 Å². The molecule has 1 amide bonds. The Morgan fingerprint density at radius 2 is 2.26 bits per heavy atom. The number of hydrogen-bond donors (Lipinski definition) is 2. The lowest BCUT2D eigenvalue weighted by Crippen LogP contribution is -2.40. The standard InChI is InChI=1S/C20H19N5O2/c1-3-8-24-20(26)19-18(22)15-7-6-13(10-21)17(16(15)11-25(19)27)14-5-4-9-23-12(14)2/h4-7,9,11H,3,8,22H2,1-2H3,(H,24,26)/i2D3. The Hall–Kier alpha value is -3.66. The summed E-state index contributed by atoms with van der Waals surface area (Å²) in [6.07, 6.45) is 3.17. The van der Waals surface area contributed by atoms with E-state index in [2.05, 4.69) is 10.3 Å². The summed E-state index contributed by atoms with van der Waals surface area (Å²) < 4.78 is 23.7. The molecule has 0 aliphatic heterocycles. The van der Waals surface area contributed by atoms with Gasteiger partial charge in [-0.05, 0) is 25.4 Å². The van der Waals surface area contributed by atoms with Crippen molar-refractivity contribution < 1.29 is 13.6 Å². The molecule has 136 valence electrons. The number of nitrogens with zero attached hydrogens (tertiary/aromatic N) is 3. The number of fused-ring (bicyclic) bond motifs is 1. The molecule has 2 heterocycles. The van der Waals surface area contributed by atoms with Crippen molar-refractivity contribution in [3.63, 3.8) is 0 Å². The van der Waals surface area contributed by atoms with Crippen molar-refractivity contribution >= 4 is 22.4 Å². The van der Waals surface area contributed by atoms with Crippen LogP contribution in [0.5, 0.6) is 0 Å². The van der Waals surface area contributed by atoms with Gasteiger partial charge in [-0.3, -0.25) is 9.78 Å². The molecule has 0 spiro atoms. The number of nitrogens with one attached hydrogen (secondary N) is 1. The molecule has 0 fully saturated rings. The number of carbonyl (C=O) groups excluding carboxylic acids is 1. The van der Waals surface area contributed by atoms with Gasteiger partial charge >= 0.3 is 11.6 Å². The second kappa shape index (κ2) is 7.30. The monoisotopic (exact) mass is 364 g/mol. The van der Waals surface area contributed by atoms with E-state index in [-0.39, 0.29) is 39.2 Å². The Morgan fingerprint density at radius 1 is 1.44 bits per heavy atom. The van der Waals surface area contributed by atoms with Crippen LogP contribution in [0.15, 0.2) is 36.7 Å². The summed E-state index contributed by atoms with van der Waals surface area (Å²) in [5.74, 6) is -0.610. The van der Waals surface area contributed by atoms with Crippen LogP contribution in [0, 0.1) is 23.4 Å². The minimum atomic E-state index is -2.54. The average Bonchev–Trinajstić information content (AvgIpc) is 2.70. The number of pyridine rings is 2. The molecule has 0 aliphatic rings. The van der Waals surface area contributed by atoms with Gasteiger partial charge < -0.3 is 16.3 Å². The van der Waals surface area contributed by atoms with Crippen molar-refractivity contribution in [2.24, 2.45) is 0 Å². The Bertz CT molecular complexity index is 1190. The number of benzene rings is 1. The zero-order valence-electron chi connectivity index (χ0n) is 17.6. The summed E-state index contributed by atoms with van der Waals surface area (Å²) >= 11 is 0. The predicted octanol–water partition coefficient (Wildman–Crippen LogP) is 2.44. The van der Waals surface area contributed by atoms with Gasteiger partial charge in [-0.25, -0.2) is 0 Å². The second-order valence-electron chi connectivity index (χ2n) is 5.93. The van der Waals surface area contributed by atoms with E-state index in [1.165, 1.54) is 24.4 Å². The normalized spacial score (nSPS) is 12.7. The van der Waals surface area contributed by atoms with Gasteiger partial charge in [-0.1, -0.05) is 19.1 Å². The van der Waals surface area contributed by atoms with Gasteiger partial charge in [0.25, 0.3) is 0 Å². The zero-order chi connectivity index (χ0) is 22.1. The quantitative estimate of drug-likeness (QED) is 0.544. The minimum absolute atomic E-state index is 0.0545. The third-order valence-electron chi connectivity index (χ3n) is 4.21. The van der Waals surface area contributed by atoms with Gasteiger partial charge in [0.05, 0.1) is 17.0 Å². The SMILES string of the molecule is [2H]C([2H])([2H])c1ncccc1-c1c(C#N)ccc2c(N)c(C(=O)NCCC)[n+]([O-])cc12. The molecule has 27 heavy (non-hydrogen) atoms. The molecule has 0 bridgehead atoms. The van der Waals surface area contributed by atoms with Crippen molar-refractivity contribution in [2.45, 2.75) is 20.2 Å². The molecule has 7 nitrogen and oxygen atoms in total. The highest BCUT2D eigenvalue weighted by Gasteiger charge is 2.25. The number of hydrogen-bond acceptors (Lipinski definition) is 5. The van der Waals surface area contributed by atoms with E-state index in [4.69, 9.17) is 9.85 Å². The molecule has 3 N–H and O–H groups in total. The molecule has 3 aromatic rings. The van der Waals surface area contributed by atoms with Crippen LogP contribution in [0.25, 0.3) is 21.9 Å². The Kier molecular flexibility index (Phi) is 3.92. The van der Waals surface area contributed by atoms with Crippen LogP contribution in [0.2, 0.25) is 0 Å². The van der Waals surface area contributed by atoms with Crippen molar-refractivity contribution in [1.82, 2.24) is 10.3 Å². The lowest BCUT2D eigenvalue weighted by atomic mass is 9.93. The van der Waals surface area contributed by atoms with Crippen LogP contribution >= 0.6 is 0 Å². The largest absolute Gasteiger partial charge is 0.618 e. The molecule has 0 atom stereocenters. The number of nitrogens with two attached hydrogens (primary N) is 1. The molecule has 2 aromatic heterocycles. The number of aromatic nitrogens is 2. The Balaban J connectivity index is 2.37. The van der Waals surface area contributed by atoms with E-state index in [0.717, 1.165) is 6.20 Å². The highest BCUT2D eigenvalue weighted by atomic mass is 16.5. The number of aryl methyl sites for hydroxylation is 1. The van der Waals surface area contributed by atoms with E-state index in [1.807, 2.05) is 13.0 Å². The van der Waals surface area contributed by atoms with Gasteiger partial charge in [0.15, 0.2) is 6.20 Å². The van der Waals surface area contributed by atoms with Crippen LogP contribution in [0.1, 0.15) is 39.2 Å². The molecule has 0 saturated heterocycles. The van der Waals surface area contributed by atoms with Crippen molar-refractivity contribution in [3.8, 4) is 17.2 Å².